The molecule has 0 aromatic heterocycles. The van der Waals surface area contributed by atoms with Gasteiger partial charge in [0.2, 0.25) is 5.91 Å². The van der Waals surface area contributed by atoms with Crippen molar-refractivity contribution in [3.8, 4) is 11.5 Å². The summed E-state index contributed by atoms with van der Waals surface area (Å²) in [5.41, 5.74) is 0.679. The van der Waals surface area contributed by atoms with Crippen LogP contribution in [0.15, 0.2) is 18.2 Å². The van der Waals surface area contributed by atoms with Crippen molar-refractivity contribution in [3.05, 3.63) is 23.8 Å². The molecule has 1 aromatic rings. The molecule has 2 N–H and O–H groups in total. The molecule has 0 radical (unpaired) electrons. The van der Waals surface area contributed by atoms with E-state index < -0.39 is 6.10 Å². The zero-order valence-corrected chi connectivity index (χ0v) is 12.3. The molecule has 0 aliphatic carbocycles. The number of ether oxygens (including phenoxy) is 2. The monoisotopic (exact) mass is 281 g/mol. The van der Waals surface area contributed by atoms with Crippen molar-refractivity contribution in [1.29, 1.82) is 0 Å². The number of benzene rings is 1. The molecular formula is C15H23NO4. The predicted molar refractivity (Wildman–Crippen MR) is 77.0 cm³/mol. The molecule has 0 fully saturated rings. The number of rotatable bonds is 8. The van der Waals surface area contributed by atoms with Gasteiger partial charge in [0.15, 0.2) is 11.5 Å². The first kappa shape index (κ1) is 16.3. The van der Waals surface area contributed by atoms with E-state index in [1.54, 1.807) is 32.4 Å². The van der Waals surface area contributed by atoms with E-state index in [-0.39, 0.29) is 12.5 Å². The van der Waals surface area contributed by atoms with Gasteiger partial charge in [0, 0.05) is 13.0 Å². The highest BCUT2D eigenvalue weighted by molar-refractivity contribution is 5.75. The van der Waals surface area contributed by atoms with Crippen LogP contribution in [-0.2, 0) is 4.79 Å². The van der Waals surface area contributed by atoms with Crippen LogP contribution in [0.1, 0.15) is 37.9 Å². The van der Waals surface area contributed by atoms with Crippen LogP contribution < -0.4 is 14.8 Å². The molecule has 5 heteroatoms. The van der Waals surface area contributed by atoms with Crippen molar-refractivity contribution < 1.29 is 19.4 Å². The summed E-state index contributed by atoms with van der Waals surface area (Å²) in [6.45, 7) is 2.23. The summed E-state index contributed by atoms with van der Waals surface area (Å²) in [5.74, 6) is 1.13. The van der Waals surface area contributed by atoms with E-state index >= 15 is 0 Å². The van der Waals surface area contributed by atoms with Crippen LogP contribution in [-0.4, -0.2) is 31.8 Å². The van der Waals surface area contributed by atoms with Gasteiger partial charge in [-0.2, -0.15) is 0 Å². The number of nitrogens with one attached hydrogen (secondary N) is 1. The lowest BCUT2D eigenvalue weighted by molar-refractivity contribution is -0.121. The normalized spacial score (nSPS) is 11.8. The van der Waals surface area contributed by atoms with Crippen molar-refractivity contribution >= 4 is 5.91 Å². The van der Waals surface area contributed by atoms with Gasteiger partial charge in [-0.1, -0.05) is 19.4 Å². The number of hydrogen-bond acceptors (Lipinski definition) is 4. The zero-order valence-electron chi connectivity index (χ0n) is 12.3. The Kier molecular flexibility index (Phi) is 6.87. The second kappa shape index (κ2) is 8.43. The molecular weight excluding hydrogens is 258 g/mol. The third-order valence-corrected chi connectivity index (χ3v) is 3.04. The highest BCUT2D eigenvalue weighted by atomic mass is 16.5. The van der Waals surface area contributed by atoms with Crippen molar-refractivity contribution in [2.24, 2.45) is 0 Å². The molecule has 0 heterocycles. The minimum Gasteiger partial charge on any atom is -0.493 e. The number of hydrogen-bond donors (Lipinski definition) is 2. The van der Waals surface area contributed by atoms with Crippen molar-refractivity contribution in [3.63, 3.8) is 0 Å². The standard InChI is InChI=1S/C15H23NO4/c1-4-5-6-15(18)16-10-12(17)11-7-8-13(19-2)14(9-11)20-3/h7-9,12,17H,4-6,10H2,1-3H3,(H,16,18). The lowest BCUT2D eigenvalue weighted by Crippen LogP contribution is -2.28. The second-order valence-corrected chi connectivity index (χ2v) is 4.54. The fraction of sp³-hybridized carbons (Fsp3) is 0.533. The quantitative estimate of drug-likeness (QED) is 0.765. The summed E-state index contributed by atoms with van der Waals surface area (Å²) in [4.78, 5) is 11.5. The lowest BCUT2D eigenvalue weighted by atomic mass is 10.1. The number of unbranched alkanes of at least 4 members (excludes halogenated alkanes) is 1. The third-order valence-electron chi connectivity index (χ3n) is 3.04. The molecule has 1 unspecified atom stereocenters. The molecule has 0 aliphatic heterocycles. The maximum atomic E-state index is 11.5. The SMILES string of the molecule is CCCCC(=O)NCC(O)c1ccc(OC)c(OC)c1. The minimum atomic E-state index is -0.764. The van der Waals surface area contributed by atoms with Crippen LogP contribution in [0, 0.1) is 0 Å². The number of amides is 1. The molecule has 112 valence electrons. The summed E-state index contributed by atoms with van der Waals surface area (Å²) in [6.07, 6.45) is 1.57. The Morgan fingerprint density at radius 2 is 2.00 bits per heavy atom. The molecule has 0 spiro atoms. The third kappa shape index (κ3) is 4.74. The zero-order chi connectivity index (χ0) is 15.0. The number of methoxy groups -OCH3 is 2. The molecule has 1 amide bonds. The summed E-state index contributed by atoms with van der Waals surface area (Å²) < 4.78 is 10.3. The Morgan fingerprint density at radius 1 is 1.30 bits per heavy atom. The second-order valence-electron chi connectivity index (χ2n) is 4.54. The fourth-order valence-electron chi connectivity index (χ4n) is 1.81. The van der Waals surface area contributed by atoms with Gasteiger partial charge in [0.05, 0.1) is 20.3 Å². The number of aliphatic hydroxyl groups is 1. The van der Waals surface area contributed by atoms with Crippen LogP contribution in [0.4, 0.5) is 0 Å². The first-order chi connectivity index (χ1) is 9.62. The van der Waals surface area contributed by atoms with E-state index in [1.165, 1.54) is 0 Å². The molecule has 20 heavy (non-hydrogen) atoms. The maximum Gasteiger partial charge on any atom is 0.220 e. The van der Waals surface area contributed by atoms with Crippen molar-refractivity contribution in [1.82, 2.24) is 5.32 Å². The van der Waals surface area contributed by atoms with Gasteiger partial charge in [-0.3, -0.25) is 4.79 Å². The first-order valence-corrected chi connectivity index (χ1v) is 6.79. The Labute approximate surface area is 119 Å². The van der Waals surface area contributed by atoms with E-state index in [2.05, 4.69) is 5.32 Å². The molecule has 1 rings (SSSR count). The summed E-state index contributed by atoms with van der Waals surface area (Å²) >= 11 is 0. The van der Waals surface area contributed by atoms with E-state index in [1.807, 2.05) is 6.92 Å². The minimum absolute atomic E-state index is 0.0358. The molecule has 1 aromatic carbocycles. The number of carbonyl (C=O) groups excluding carboxylic acids is 1. The largest absolute Gasteiger partial charge is 0.493 e. The van der Waals surface area contributed by atoms with E-state index in [9.17, 15) is 9.90 Å². The topological polar surface area (TPSA) is 67.8 Å². The molecule has 1 atom stereocenters. The van der Waals surface area contributed by atoms with E-state index in [0.717, 1.165) is 12.8 Å². The van der Waals surface area contributed by atoms with Crippen molar-refractivity contribution in [2.75, 3.05) is 20.8 Å². The lowest BCUT2D eigenvalue weighted by Gasteiger charge is -2.15. The van der Waals surface area contributed by atoms with Gasteiger partial charge in [0.25, 0.3) is 0 Å². The number of carbonyl (C=O) groups is 1. The molecule has 0 aliphatic rings. The Hall–Kier alpha value is -1.75. The average Bonchev–Trinajstić information content (AvgIpc) is 2.49. The Bertz CT molecular complexity index is 434. The average molecular weight is 281 g/mol. The van der Waals surface area contributed by atoms with Gasteiger partial charge in [-0.15, -0.1) is 0 Å². The first-order valence-electron chi connectivity index (χ1n) is 6.79. The van der Waals surface area contributed by atoms with Gasteiger partial charge in [-0.05, 0) is 24.1 Å². The smallest absolute Gasteiger partial charge is 0.220 e. The Morgan fingerprint density at radius 3 is 2.60 bits per heavy atom. The molecule has 0 bridgehead atoms. The Balaban J connectivity index is 2.59. The molecule has 5 nitrogen and oxygen atoms in total. The predicted octanol–water partition coefficient (Wildman–Crippen LogP) is 2.04. The van der Waals surface area contributed by atoms with Gasteiger partial charge in [-0.25, -0.2) is 0 Å². The van der Waals surface area contributed by atoms with Crippen LogP contribution in [0.5, 0.6) is 11.5 Å². The van der Waals surface area contributed by atoms with Gasteiger partial charge in [0.1, 0.15) is 0 Å². The van der Waals surface area contributed by atoms with Crippen LogP contribution >= 0.6 is 0 Å². The van der Waals surface area contributed by atoms with Crippen LogP contribution in [0.3, 0.4) is 0 Å². The van der Waals surface area contributed by atoms with Crippen molar-refractivity contribution in [2.45, 2.75) is 32.3 Å². The van der Waals surface area contributed by atoms with Crippen LogP contribution in [0.25, 0.3) is 0 Å². The van der Waals surface area contributed by atoms with Gasteiger partial charge < -0.3 is 19.9 Å². The molecule has 0 saturated heterocycles. The number of aliphatic hydroxyl groups excluding tert-OH is 1. The summed E-state index contributed by atoms with van der Waals surface area (Å²) in [5, 5.41) is 12.8. The van der Waals surface area contributed by atoms with Gasteiger partial charge >= 0.3 is 0 Å². The molecule has 0 saturated carbocycles. The summed E-state index contributed by atoms with van der Waals surface area (Å²) in [6, 6.07) is 5.20. The highest BCUT2D eigenvalue weighted by Crippen LogP contribution is 2.29. The van der Waals surface area contributed by atoms with E-state index in [4.69, 9.17) is 9.47 Å². The van der Waals surface area contributed by atoms with E-state index in [0.29, 0.717) is 23.5 Å². The highest BCUT2D eigenvalue weighted by Gasteiger charge is 2.12. The summed E-state index contributed by atoms with van der Waals surface area (Å²) in [7, 11) is 3.10. The fourth-order valence-corrected chi connectivity index (χ4v) is 1.81. The maximum absolute atomic E-state index is 11.5. The van der Waals surface area contributed by atoms with Crippen LogP contribution in [0.2, 0.25) is 0 Å².